The fourth-order valence-electron chi connectivity index (χ4n) is 9.00. The van der Waals surface area contributed by atoms with Crippen molar-refractivity contribution in [2.75, 3.05) is 39.4 Å². The van der Waals surface area contributed by atoms with E-state index < -0.39 is 0 Å². The molecule has 0 bridgehead atoms. The standard InChI is InChI=1S/C54H106N4O4/c1-6-10-14-18-22-30-38-52(37-28-16-12-8-3)49-61-54(59)41-32-24-20-25-33-43-56(45-36-46-57-48-42-55-51(57)5)44-34-26-21-27-35-47-58(60)62-50-53(39-29-17-13-9-4)40-31-23-19-15-11-7-2/h42,48,52-53,60H,6-41,43-47,49-50H2,1-5H3. The summed E-state index contributed by atoms with van der Waals surface area (Å²) in [7, 11) is 0. The molecule has 2 atom stereocenters. The van der Waals surface area contributed by atoms with Gasteiger partial charge in [-0.2, -0.15) is 0 Å². The first-order chi connectivity index (χ1) is 30.4. The van der Waals surface area contributed by atoms with Crippen LogP contribution in [0.15, 0.2) is 12.4 Å². The number of unbranched alkanes of at least 4 members (excludes halogenated alkanes) is 24. The molecule has 1 rings (SSSR count). The van der Waals surface area contributed by atoms with Gasteiger partial charge in [-0.1, -0.05) is 200 Å². The topological polar surface area (TPSA) is 80.1 Å². The molecule has 0 aliphatic carbocycles. The Morgan fingerprint density at radius 1 is 0.548 bits per heavy atom. The molecule has 0 saturated heterocycles. The molecular formula is C54H106N4O4. The number of hydrogen-bond donors (Lipinski definition) is 1. The largest absolute Gasteiger partial charge is 0.465 e. The van der Waals surface area contributed by atoms with Crippen LogP contribution in [0.3, 0.4) is 0 Å². The highest BCUT2D eigenvalue weighted by molar-refractivity contribution is 5.69. The van der Waals surface area contributed by atoms with E-state index in [1.165, 1.54) is 193 Å². The summed E-state index contributed by atoms with van der Waals surface area (Å²) in [6, 6.07) is 0. The zero-order valence-electron chi connectivity index (χ0n) is 42.2. The first kappa shape index (κ1) is 58.5. The summed E-state index contributed by atoms with van der Waals surface area (Å²) >= 11 is 0. The molecule has 0 aliphatic heterocycles. The minimum absolute atomic E-state index is 0.0172. The minimum Gasteiger partial charge on any atom is -0.465 e. The van der Waals surface area contributed by atoms with Crippen molar-refractivity contribution in [1.82, 2.24) is 19.7 Å². The number of carbonyl (C=O) groups is 1. The van der Waals surface area contributed by atoms with Crippen LogP contribution in [0.4, 0.5) is 0 Å². The van der Waals surface area contributed by atoms with Gasteiger partial charge in [-0.3, -0.25) is 14.8 Å². The predicted molar refractivity (Wildman–Crippen MR) is 265 cm³/mol. The second-order valence-corrected chi connectivity index (χ2v) is 19.2. The molecular weight excluding hydrogens is 769 g/mol. The first-order valence-corrected chi connectivity index (χ1v) is 27.4. The molecule has 0 amide bonds. The number of aromatic nitrogens is 2. The Morgan fingerprint density at radius 2 is 0.952 bits per heavy atom. The number of esters is 1. The van der Waals surface area contributed by atoms with Gasteiger partial charge in [0, 0.05) is 25.4 Å². The lowest BCUT2D eigenvalue weighted by Crippen LogP contribution is -2.28. The zero-order valence-corrected chi connectivity index (χ0v) is 42.2. The van der Waals surface area contributed by atoms with Crippen molar-refractivity contribution in [3.63, 3.8) is 0 Å². The van der Waals surface area contributed by atoms with Gasteiger partial charge < -0.3 is 14.2 Å². The number of nitrogens with zero attached hydrogens (tertiary/aromatic N) is 4. The quantitative estimate of drug-likeness (QED) is 0.0397. The number of ether oxygens (including phenoxy) is 1. The van der Waals surface area contributed by atoms with Crippen molar-refractivity contribution >= 4 is 5.97 Å². The molecule has 0 fully saturated rings. The predicted octanol–water partition coefficient (Wildman–Crippen LogP) is 16.0. The Balaban J connectivity index is 2.33. The molecule has 2 unspecified atom stereocenters. The van der Waals surface area contributed by atoms with Crippen molar-refractivity contribution in [1.29, 1.82) is 0 Å². The molecule has 1 heterocycles. The molecule has 1 aromatic rings. The summed E-state index contributed by atoms with van der Waals surface area (Å²) in [4.78, 5) is 25.6. The molecule has 0 saturated carbocycles. The SMILES string of the molecule is CCCCCCCCC(CCCCCC)COC(=O)CCCCCCCN(CCCCCCCN(O)OCC(CCCCCC)CCCCCCCC)CCCn1ccnc1C. The minimum atomic E-state index is 0.0172. The van der Waals surface area contributed by atoms with Gasteiger partial charge in [0.25, 0.3) is 0 Å². The van der Waals surface area contributed by atoms with Gasteiger partial charge in [0.2, 0.25) is 0 Å². The van der Waals surface area contributed by atoms with Crippen LogP contribution in [-0.2, 0) is 20.9 Å². The Labute approximate surface area is 385 Å². The van der Waals surface area contributed by atoms with Crippen LogP contribution >= 0.6 is 0 Å². The third kappa shape index (κ3) is 36.8. The Kier molecular flexibility index (Phi) is 42.2. The third-order valence-corrected chi connectivity index (χ3v) is 13.3. The third-order valence-electron chi connectivity index (χ3n) is 13.3. The van der Waals surface area contributed by atoms with E-state index >= 15 is 0 Å². The van der Waals surface area contributed by atoms with Crippen molar-refractivity contribution in [3.05, 3.63) is 18.2 Å². The summed E-state index contributed by atoms with van der Waals surface area (Å²) in [6.07, 6.45) is 48.4. The number of hydroxylamine groups is 2. The van der Waals surface area contributed by atoms with E-state index in [0.717, 1.165) is 69.3 Å². The van der Waals surface area contributed by atoms with E-state index in [2.05, 4.69) is 55.3 Å². The summed E-state index contributed by atoms with van der Waals surface area (Å²) in [5.74, 6) is 2.21. The van der Waals surface area contributed by atoms with Crippen LogP contribution < -0.4 is 0 Å². The van der Waals surface area contributed by atoms with E-state index in [1.54, 1.807) is 0 Å². The van der Waals surface area contributed by atoms with Gasteiger partial charge in [-0.15, -0.1) is 0 Å². The van der Waals surface area contributed by atoms with Gasteiger partial charge >= 0.3 is 5.97 Å². The van der Waals surface area contributed by atoms with Crippen molar-refractivity contribution < 1.29 is 19.6 Å². The molecule has 0 aromatic carbocycles. The van der Waals surface area contributed by atoms with E-state index in [1.807, 2.05) is 6.20 Å². The Bertz CT molecular complexity index is 1070. The van der Waals surface area contributed by atoms with E-state index in [0.29, 0.717) is 38.0 Å². The van der Waals surface area contributed by atoms with Crippen molar-refractivity contribution in [3.8, 4) is 0 Å². The second kappa shape index (κ2) is 44.7. The van der Waals surface area contributed by atoms with Gasteiger partial charge in [-0.05, 0) is 96.2 Å². The maximum Gasteiger partial charge on any atom is 0.305 e. The molecule has 0 aliphatic rings. The lowest BCUT2D eigenvalue weighted by Gasteiger charge is -2.23. The smallest absolute Gasteiger partial charge is 0.305 e. The average Bonchev–Trinajstić information content (AvgIpc) is 3.69. The fraction of sp³-hybridized carbons (Fsp3) is 0.926. The average molecular weight is 875 g/mol. The maximum atomic E-state index is 12.7. The molecule has 0 spiro atoms. The molecule has 8 heteroatoms. The van der Waals surface area contributed by atoms with Gasteiger partial charge in [0.1, 0.15) is 5.82 Å². The van der Waals surface area contributed by atoms with E-state index in [4.69, 9.17) is 9.57 Å². The van der Waals surface area contributed by atoms with Crippen LogP contribution in [0.1, 0.15) is 265 Å². The number of rotatable bonds is 49. The molecule has 8 nitrogen and oxygen atoms in total. The lowest BCUT2D eigenvalue weighted by atomic mass is 9.95. The van der Waals surface area contributed by atoms with Crippen LogP contribution in [0.2, 0.25) is 0 Å². The van der Waals surface area contributed by atoms with Gasteiger partial charge in [-0.25, -0.2) is 4.98 Å². The second-order valence-electron chi connectivity index (χ2n) is 19.2. The van der Waals surface area contributed by atoms with Gasteiger partial charge in [0.05, 0.1) is 19.8 Å². The number of carbonyl (C=O) groups excluding carboxylic acids is 1. The molecule has 0 radical (unpaired) electrons. The number of imidazole rings is 1. The van der Waals surface area contributed by atoms with Crippen LogP contribution in [0, 0.1) is 18.8 Å². The highest BCUT2D eigenvalue weighted by Crippen LogP contribution is 2.22. The van der Waals surface area contributed by atoms with E-state index in [9.17, 15) is 10.0 Å². The number of hydrogen-bond acceptors (Lipinski definition) is 7. The van der Waals surface area contributed by atoms with Gasteiger partial charge in [0.15, 0.2) is 0 Å². The highest BCUT2D eigenvalue weighted by atomic mass is 16.9. The normalized spacial score (nSPS) is 12.8. The maximum absolute atomic E-state index is 12.7. The summed E-state index contributed by atoms with van der Waals surface area (Å²) < 4.78 is 8.12. The van der Waals surface area contributed by atoms with Crippen molar-refractivity contribution in [2.24, 2.45) is 11.8 Å². The Hall–Kier alpha value is -1.48. The zero-order chi connectivity index (χ0) is 45.0. The summed E-state index contributed by atoms with van der Waals surface area (Å²) in [5, 5.41) is 11.6. The number of aryl methyl sites for hydroxylation is 2. The molecule has 366 valence electrons. The molecule has 1 N–H and O–H groups in total. The van der Waals surface area contributed by atoms with Crippen LogP contribution in [0.5, 0.6) is 0 Å². The highest BCUT2D eigenvalue weighted by Gasteiger charge is 2.14. The Morgan fingerprint density at radius 3 is 1.44 bits per heavy atom. The first-order valence-electron chi connectivity index (χ1n) is 27.4. The van der Waals surface area contributed by atoms with Crippen molar-refractivity contribution in [2.45, 2.75) is 272 Å². The molecule has 1 aromatic heterocycles. The molecule has 62 heavy (non-hydrogen) atoms. The lowest BCUT2D eigenvalue weighted by molar-refractivity contribution is -0.345. The van der Waals surface area contributed by atoms with Crippen LogP contribution in [-0.4, -0.2) is 70.2 Å². The summed E-state index contributed by atoms with van der Waals surface area (Å²) in [6.45, 7) is 17.5. The summed E-state index contributed by atoms with van der Waals surface area (Å²) in [5.41, 5.74) is 0. The van der Waals surface area contributed by atoms with Crippen LogP contribution in [0.25, 0.3) is 0 Å². The monoisotopic (exact) mass is 875 g/mol. The fourth-order valence-corrected chi connectivity index (χ4v) is 9.00. The van der Waals surface area contributed by atoms with E-state index in [-0.39, 0.29) is 5.97 Å².